The number of carboxylic acid groups (broad SMARTS) is 1. The van der Waals surface area contributed by atoms with E-state index in [0.29, 0.717) is 18.6 Å². The Morgan fingerprint density at radius 3 is 2.29 bits per heavy atom. The number of aromatic carboxylic acids is 1. The largest absolute Gasteiger partial charge is 0.478 e. The van der Waals surface area contributed by atoms with E-state index >= 15 is 0 Å². The van der Waals surface area contributed by atoms with Gasteiger partial charge in [-0.15, -0.1) is 0 Å². The van der Waals surface area contributed by atoms with Gasteiger partial charge in [-0.25, -0.2) is 13.6 Å². The number of hydrogen-bond acceptors (Lipinski definition) is 3. The van der Waals surface area contributed by atoms with Gasteiger partial charge in [-0.05, 0) is 18.6 Å². The maximum atomic E-state index is 13.2. The normalized spacial score (nSPS) is 13.5. The molecule has 1 aromatic rings. The highest BCUT2D eigenvalue weighted by Crippen LogP contribution is 2.15. The SMILES string of the molecule is CC(CCNC(=O)c1cc(F)c(F)cc1C(=O)O)S(C)=O. The highest BCUT2D eigenvalue weighted by molar-refractivity contribution is 7.84. The third kappa shape index (κ3) is 4.59. The zero-order valence-corrected chi connectivity index (χ0v) is 12.3. The Morgan fingerprint density at radius 2 is 1.81 bits per heavy atom. The Morgan fingerprint density at radius 1 is 1.29 bits per heavy atom. The standard InChI is InChI=1S/C13H15F2NO4S/c1-7(21(2)20)3-4-16-12(17)8-5-10(14)11(15)6-9(8)13(18)19/h5-7H,3-4H2,1-2H3,(H,16,17)(H,18,19). The molecule has 2 unspecified atom stereocenters. The smallest absolute Gasteiger partial charge is 0.336 e. The van der Waals surface area contributed by atoms with Crippen LogP contribution in [0.25, 0.3) is 0 Å². The van der Waals surface area contributed by atoms with Crippen molar-refractivity contribution < 1.29 is 27.7 Å². The van der Waals surface area contributed by atoms with Gasteiger partial charge in [0.25, 0.3) is 5.91 Å². The Bertz CT molecular complexity index is 592. The monoisotopic (exact) mass is 319 g/mol. The molecule has 0 saturated carbocycles. The maximum Gasteiger partial charge on any atom is 0.336 e. The molecule has 0 radical (unpaired) electrons. The number of carbonyl (C=O) groups excluding carboxylic acids is 1. The molecule has 5 nitrogen and oxygen atoms in total. The summed E-state index contributed by atoms with van der Waals surface area (Å²) in [4.78, 5) is 22.8. The Labute approximate surface area is 122 Å². The molecule has 0 aliphatic carbocycles. The van der Waals surface area contributed by atoms with Crippen LogP contribution in [0, 0.1) is 11.6 Å². The molecule has 0 aromatic heterocycles. The van der Waals surface area contributed by atoms with Crippen LogP contribution < -0.4 is 5.32 Å². The van der Waals surface area contributed by atoms with Gasteiger partial charge in [0.1, 0.15) is 0 Å². The number of benzene rings is 1. The Balaban J connectivity index is 2.85. The molecule has 116 valence electrons. The molecule has 0 bridgehead atoms. The van der Waals surface area contributed by atoms with E-state index in [1.165, 1.54) is 6.26 Å². The lowest BCUT2D eigenvalue weighted by Gasteiger charge is -2.11. The first-order valence-electron chi connectivity index (χ1n) is 6.06. The van der Waals surface area contributed by atoms with Crippen LogP contribution in [-0.2, 0) is 10.8 Å². The summed E-state index contributed by atoms with van der Waals surface area (Å²) < 4.78 is 37.3. The zero-order valence-electron chi connectivity index (χ0n) is 11.5. The maximum absolute atomic E-state index is 13.2. The third-order valence-electron chi connectivity index (χ3n) is 2.94. The van der Waals surface area contributed by atoms with Crippen molar-refractivity contribution in [2.45, 2.75) is 18.6 Å². The minimum absolute atomic E-state index is 0.144. The molecule has 0 saturated heterocycles. The summed E-state index contributed by atoms with van der Waals surface area (Å²) in [6, 6.07) is 1.02. The number of hydrogen-bond donors (Lipinski definition) is 2. The summed E-state index contributed by atoms with van der Waals surface area (Å²) in [5, 5.41) is 11.2. The lowest BCUT2D eigenvalue weighted by Crippen LogP contribution is -2.29. The molecule has 0 fully saturated rings. The van der Waals surface area contributed by atoms with E-state index in [1.54, 1.807) is 6.92 Å². The lowest BCUT2D eigenvalue weighted by atomic mass is 10.1. The van der Waals surface area contributed by atoms with Crippen LogP contribution >= 0.6 is 0 Å². The fourth-order valence-corrected chi connectivity index (χ4v) is 2.01. The first-order chi connectivity index (χ1) is 9.73. The zero-order chi connectivity index (χ0) is 16.2. The van der Waals surface area contributed by atoms with Gasteiger partial charge in [0, 0.05) is 28.9 Å². The Hall–Kier alpha value is -1.83. The van der Waals surface area contributed by atoms with Crippen LogP contribution in [0.4, 0.5) is 8.78 Å². The minimum Gasteiger partial charge on any atom is -0.478 e. The molecular weight excluding hydrogens is 304 g/mol. The van der Waals surface area contributed by atoms with Crippen molar-refractivity contribution in [1.82, 2.24) is 5.32 Å². The van der Waals surface area contributed by atoms with E-state index in [2.05, 4.69) is 5.32 Å². The predicted molar refractivity (Wildman–Crippen MR) is 73.8 cm³/mol. The fourth-order valence-electron chi connectivity index (χ4n) is 1.56. The number of halogens is 2. The lowest BCUT2D eigenvalue weighted by molar-refractivity contribution is 0.0690. The van der Waals surface area contributed by atoms with Crippen molar-refractivity contribution in [3.8, 4) is 0 Å². The second kappa shape index (κ2) is 7.26. The summed E-state index contributed by atoms with van der Waals surface area (Å²) in [6.45, 7) is 1.89. The van der Waals surface area contributed by atoms with Crippen molar-refractivity contribution in [3.05, 3.63) is 34.9 Å². The van der Waals surface area contributed by atoms with Crippen LogP contribution in [-0.4, -0.2) is 39.2 Å². The van der Waals surface area contributed by atoms with E-state index in [9.17, 15) is 22.6 Å². The van der Waals surface area contributed by atoms with E-state index in [-0.39, 0.29) is 11.8 Å². The van der Waals surface area contributed by atoms with Crippen molar-refractivity contribution >= 4 is 22.7 Å². The molecule has 0 aliphatic heterocycles. The van der Waals surface area contributed by atoms with E-state index < -0.39 is 45.4 Å². The number of carboxylic acids is 1. The number of amides is 1. The molecule has 0 spiro atoms. The van der Waals surface area contributed by atoms with Gasteiger partial charge in [-0.3, -0.25) is 9.00 Å². The van der Waals surface area contributed by atoms with Gasteiger partial charge >= 0.3 is 5.97 Å². The van der Waals surface area contributed by atoms with Gasteiger partial charge in [-0.2, -0.15) is 0 Å². The third-order valence-corrected chi connectivity index (χ3v) is 4.31. The molecule has 2 atom stereocenters. The van der Waals surface area contributed by atoms with Crippen molar-refractivity contribution in [2.75, 3.05) is 12.8 Å². The highest BCUT2D eigenvalue weighted by Gasteiger charge is 2.20. The summed E-state index contributed by atoms with van der Waals surface area (Å²) in [7, 11) is -1.04. The number of carbonyl (C=O) groups is 2. The van der Waals surface area contributed by atoms with Crippen LogP contribution in [0.3, 0.4) is 0 Å². The van der Waals surface area contributed by atoms with Crippen LogP contribution in [0.15, 0.2) is 12.1 Å². The van der Waals surface area contributed by atoms with E-state index in [1.807, 2.05) is 0 Å². The average molecular weight is 319 g/mol. The first-order valence-corrected chi connectivity index (χ1v) is 7.69. The summed E-state index contributed by atoms with van der Waals surface area (Å²) in [6.07, 6.45) is 1.95. The van der Waals surface area contributed by atoms with Gasteiger partial charge in [0.05, 0.1) is 11.1 Å². The molecule has 21 heavy (non-hydrogen) atoms. The summed E-state index contributed by atoms with van der Waals surface area (Å²) >= 11 is 0. The van der Waals surface area contributed by atoms with Crippen molar-refractivity contribution in [3.63, 3.8) is 0 Å². The van der Waals surface area contributed by atoms with E-state index in [4.69, 9.17) is 5.11 Å². The minimum atomic E-state index is -1.53. The van der Waals surface area contributed by atoms with Crippen molar-refractivity contribution in [2.24, 2.45) is 0 Å². The van der Waals surface area contributed by atoms with Gasteiger partial charge < -0.3 is 10.4 Å². The van der Waals surface area contributed by atoms with Crippen LogP contribution in [0.2, 0.25) is 0 Å². The molecule has 0 aliphatic rings. The van der Waals surface area contributed by atoms with Crippen LogP contribution in [0.5, 0.6) is 0 Å². The second-order valence-electron chi connectivity index (χ2n) is 4.47. The molecule has 1 aromatic carbocycles. The Kier molecular flexibility index (Phi) is 5.95. The summed E-state index contributed by atoms with van der Waals surface area (Å²) in [5.41, 5.74) is -1.06. The molecule has 0 heterocycles. The quantitative estimate of drug-likeness (QED) is 0.833. The number of rotatable bonds is 6. The molecule has 1 amide bonds. The second-order valence-corrected chi connectivity index (χ2v) is 6.27. The molecule has 1 rings (SSSR count). The van der Waals surface area contributed by atoms with Gasteiger partial charge in [0.15, 0.2) is 11.6 Å². The topological polar surface area (TPSA) is 83.5 Å². The van der Waals surface area contributed by atoms with Gasteiger partial charge in [0.2, 0.25) is 0 Å². The van der Waals surface area contributed by atoms with E-state index in [0.717, 1.165) is 0 Å². The van der Waals surface area contributed by atoms with Crippen LogP contribution in [0.1, 0.15) is 34.1 Å². The average Bonchev–Trinajstić information content (AvgIpc) is 2.40. The fraction of sp³-hybridized carbons (Fsp3) is 0.385. The van der Waals surface area contributed by atoms with Gasteiger partial charge in [-0.1, -0.05) is 6.92 Å². The highest BCUT2D eigenvalue weighted by atomic mass is 32.2. The molecule has 8 heteroatoms. The first kappa shape index (κ1) is 17.2. The van der Waals surface area contributed by atoms with Crippen molar-refractivity contribution in [1.29, 1.82) is 0 Å². The summed E-state index contributed by atoms with van der Waals surface area (Å²) in [5.74, 6) is -4.98. The number of nitrogens with one attached hydrogen (secondary N) is 1. The molecular formula is C13H15F2NO4S. The predicted octanol–water partition coefficient (Wildman–Crippen LogP) is 1.55. The molecule has 2 N–H and O–H groups in total.